The second-order valence-corrected chi connectivity index (χ2v) is 9.43. The fraction of sp³-hybridized carbons (Fsp3) is 0.435. The van der Waals surface area contributed by atoms with Crippen LogP contribution in [0.1, 0.15) is 55.1 Å². The summed E-state index contributed by atoms with van der Waals surface area (Å²) in [5, 5.41) is 0. The normalized spacial score (nSPS) is 17.4. The highest BCUT2D eigenvalue weighted by molar-refractivity contribution is 7.89. The number of sulfonamides is 1. The van der Waals surface area contributed by atoms with E-state index in [1.165, 1.54) is 12.1 Å². The third-order valence-corrected chi connectivity index (χ3v) is 7.30. The van der Waals surface area contributed by atoms with Gasteiger partial charge in [-0.15, -0.1) is 0 Å². The fourth-order valence-electron chi connectivity index (χ4n) is 3.79. The maximum absolute atomic E-state index is 13.3. The molecule has 2 atom stereocenters. The van der Waals surface area contributed by atoms with Gasteiger partial charge in [0.15, 0.2) is 0 Å². The number of benzene rings is 2. The molecule has 7 nitrogen and oxygen atoms in total. The number of amides is 1. The van der Waals surface area contributed by atoms with E-state index < -0.39 is 10.0 Å². The Labute approximate surface area is 184 Å². The molecule has 3 rings (SSSR count). The minimum Gasteiger partial charge on any atom is -0.497 e. The van der Waals surface area contributed by atoms with Crippen LogP contribution in [0.15, 0.2) is 47.4 Å². The smallest absolute Gasteiger partial charge is 0.254 e. The monoisotopic (exact) mass is 446 g/mol. The van der Waals surface area contributed by atoms with Gasteiger partial charge in [0.2, 0.25) is 10.0 Å². The van der Waals surface area contributed by atoms with E-state index in [0.29, 0.717) is 30.0 Å². The lowest BCUT2D eigenvalue weighted by Gasteiger charge is -2.27. The molecule has 168 valence electrons. The number of nitrogens with zero attached hydrogens (tertiary/aromatic N) is 1. The van der Waals surface area contributed by atoms with Crippen molar-refractivity contribution < 1.29 is 22.7 Å². The van der Waals surface area contributed by atoms with Gasteiger partial charge in [0.05, 0.1) is 25.2 Å². The van der Waals surface area contributed by atoms with Crippen molar-refractivity contribution in [2.75, 3.05) is 20.8 Å². The van der Waals surface area contributed by atoms with E-state index >= 15 is 0 Å². The Bertz CT molecular complexity index is 1020. The Balaban J connectivity index is 1.84. The zero-order valence-electron chi connectivity index (χ0n) is 18.4. The van der Waals surface area contributed by atoms with Crippen LogP contribution in [0, 0.1) is 0 Å². The molecule has 0 aliphatic carbocycles. The van der Waals surface area contributed by atoms with Crippen molar-refractivity contribution in [2.24, 2.45) is 0 Å². The molecule has 2 aromatic rings. The Hall–Kier alpha value is -2.58. The van der Waals surface area contributed by atoms with Gasteiger partial charge in [-0.1, -0.05) is 6.92 Å². The topological polar surface area (TPSA) is 84.9 Å². The summed E-state index contributed by atoms with van der Waals surface area (Å²) in [7, 11) is -0.393. The Kier molecular flexibility index (Phi) is 7.23. The minimum absolute atomic E-state index is 0.131. The van der Waals surface area contributed by atoms with Crippen molar-refractivity contribution in [3.05, 3.63) is 53.6 Å². The average molecular weight is 447 g/mol. The van der Waals surface area contributed by atoms with Crippen molar-refractivity contribution in [1.29, 1.82) is 0 Å². The van der Waals surface area contributed by atoms with E-state index in [4.69, 9.17) is 9.47 Å². The second kappa shape index (κ2) is 9.70. The van der Waals surface area contributed by atoms with Crippen LogP contribution in [0.4, 0.5) is 0 Å². The standard InChI is InChI=1S/C23H30N2O5S/c1-5-16(2)24-31(27,28)19-11-8-17(9-12-19)23(26)25-14-6-7-21(25)20-15-18(29-3)10-13-22(20)30-4/h8-13,15-16,21,24H,5-7,14H2,1-4H3. The highest BCUT2D eigenvalue weighted by atomic mass is 32.2. The number of methoxy groups -OCH3 is 2. The summed E-state index contributed by atoms with van der Waals surface area (Å²) in [5.74, 6) is 1.28. The van der Waals surface area contributed by atoms with Crippen LogP contribution in [0.2, 0.25) is 0 Å². The predicted molar refractivity (Wildman–Crippen MR) is 119 cm³/mol. The van der Waals surface area contributed by atoms with Gasteiger partial charge in [-0.3, -0.25) is 4.79 Å². The van der Waals surface area contributed by atoms with E-state index in [0.717, 1.165) is 18.4 Å². The van der Waals surface area contributed by atoms with Gasteiger partial charge in [0.1, 0.15) is 11.5 Å². The van der Waals surface area contributed by atoms with Crippen LogP contribution < -0.4 is 14.2 Å². The summed E-state index contributed by atoms with van der Waals surface area (Å²) in [4.78, 5) is 15.2. The van der Waals surface area contributed by atoms with Crippen LogP contribution in [0.25, 0.3) is 0 Å². The summed E-state index contributed by atoms with van der Waals surface area (Å²) in [5.41, 5.74) is 1.36. The molecule has 0 aromatic heterocycles. The lowest BCUT2D eigenvalue weighted by molar-refractivity contribution is 0.0734. The number of carbonyl (C=O) groups excluding carboxylic acids is 1. The van der Waals surface area contributed by atoms with E-state index in [-0.39, 0.29) is 22.9 Å². The van der Waals surface area contributed by atoms with E-state index in [1.54, 1.807) is 26.4 Å². The first kappa shape index (κ1) is 23.1. The molecule has 31 heavy (non-hydrogen) atoms. The van der Waals surface area contributed by atoms with Crippen LogP contribution in [0.3, 0.4) is 0 Å². The first-order valence-corrected chi connectivity index (χ1v) is 11.9. The van der Waals surface area contributed by atoms with Crippen LogP contribution in [0.5, 0.6) is 11.5 Å². The maximum Gasteiger partial charge on any atom is 0.254 e. The van der Waals surface area contributed by atoms with Crippen LogP contribution >= 0.6 is 0 Å². The third kappa shape index (κ3) is 5.02. The molecule has 0 radical (unpaired) electrons. The highest BCUT2D eigenvalue weighted by Gasteiger charge is 2.33. The minimum atomic E-state index is -3.61. The van der Waals surface area contributed by atoms with Crippen LogP contribution in [-0.4, -0.2) is 46.0 Å². The quantitative estimate of drug-likeness (QED) is 0.667. The van der Waals surface area contributed by atoms with Crippen molar-refractivity contribution in [3.8, 4) is 11.5 Å². The molecule has 0 saturated carbocycles. The van der Waals surface area contributed by atoms with E-state index in [2.05, 4.69) is 4.72 Å². The van der Waals surface area contributed by atoms with Gasteiger partial charge in [0.25, 0.3) is 5.91 Å². The Morgan fingerprint density at radius 2 is 1.87 bits per heavy atom. The van der Waals surface area contributed by atoms with Gasteiger partial charge < -0.3 is 14.4 Å². The lowest BCUT2D eigenvalue weighted by atomic mass is 10.0. The molecule has 2 unspecified atom stereocenters. The molecule has 8 heteroatoms. The molecule has 1 N–H and O–H groups in total. The molecule has 1 saturated heterocycles. The average Bonchev–Trinajstić information content (AvgIpc) is 3.27. The number of likely N-dealkylation sites (tertiary alicyclic amines) is 1. The second-order valence-electron chi connectivity index (χ2n) is 7.72. The zero-order valence-corrected chi connectivity index (χ0v) is 19.2. The molecule has 0 bridgehead atoms. The predicted octanol–water partition coefficient (Wildman–Crippen LogP) is 3.76. The van der Waals surface area contributed by atoms with Gasteiger partial charge >= 0.3 is 0 Å². The van der Waals surface area contributed by atoms with Crippen LogP contribution in [-0.2, 0) is 10.0 Å². The van der Waals surface area contributed by atoms with E-state index in [1.807, 2.05) is 36.9 Å². The number of nitrogens with one attached hydrogen (secondary N) is 1. The number of hydrogen-bond acceptors (Lipinski definition) is 5. The van der Waals surface area contributed by atoms with Gasteiger partial charge in [-0.05, 0) is 68.7 Å². The molecular weight excluding hydrogens is 416 g/mol. The number of carbonyl (C=O) groups is 1. The third-order valence-electron chi connectivity index (χ3n) is 5.69. The van der Waals surface area contributed by atoms with Crippen molar-refractivity contribution in [1.82, 2.24) is 9.62 Å². The first-order chi connectivity index (χ1) is 14.8. The summed E-state index contributed by atoms with van der Waals surface area (Å²) in [6.45, 7) is 4.36. The summed E-state index contributed by atoms with van der Waals surface area (Å²) in [6.07, 6.45) is 2.39. The molecule has 1 aliphatic heterocycles. The SMILES string of the molecule is CCC(C)NS(=O)(=O)c1ccc(C(=O)N2CCCC2c2cc(OC)ccc2OC)cc1. The summed E-state index contributed by atoms with van der Waals surface area (Å²) >= 11 is 0. The molecule has 1 fully saturated rings. The number of hydrogen-bond donors (Lipinski definition) is 1. The Morgan fingerprint density at radius 3 is 2.48 bits per heavy atom. The molecule has 1 aliphatic rings. The van der Waals surface area contributed by atoms with Crippen molar-refractivity contribution in [3.63, 3.8) is 0 Å². The fourth-order valence-corrected chi connectivity index (χ4v) is 5.12. The lowest BCUT2D eigenvalue weighted by Crippen LogP contribution is -2.32. The largest absolute Gasteiger partial charge is 0.497 e. The molecular formula is C23H30N2O5S. The first-order valence-electron chi connectivity index (χ1n) is 10.5. The summed E-state index contributed by atoms with van der Waals surface area (Å²) < 4.78 is 38.4. The van der Waals surface area contributed by atoms with Crippen molar-refractivity contribution in [2.45, 2.75) is 50.1 Å². The zero-order chi connectivity index (χ0) is 22.6. The molecule has 2 aromatic carbocycles. The molecule has 1 heterocycles. The van der Waals surface area contributed by atoms with E-state index in [9.17, 15) is 13.2 Å². The maximum atomic E-state index is 13.3. The molecule has 0 spiro atoms. The molecule has 1 amide bonds. The van der Waals surface area contributed by atoms with Gasteiger partial charge in [-0.25, -0.2) is 13.1 Å². The number of ether oxygens (including phenoxy) is 2. The number of rotatable bonds is 8. The van der Waals surface area contributed by atoms with Gasteiger partial charge in [-0.2, -0.15) is 0 Å². The van der Waals surface area contributed by atoms with Gasteiger partial charge in [0, 0.05) is 23.7 Å². The Morgan fingerprint density at radius 1 is 1.16 bits per heavy atom. The summed E-state index contributed by atoms with van der Waals surface area (Å²) in [6, 6.07) is 11.4. The van der Waals surface area contributed by atoms with Crippen molar-refractivity contribution >= 4 is 15.9 Å². The highest BCUT2D eigenvalue weighted by Crippen LogP contribution is 2.39.